The number of cyclic esters (lactones) is 1. The fourth-order valence-corrected chi connectivity index (χ4v) is 4.66. The first-order chi connectivity index (χ1) is 18.9. The second-order valence-electron chi connectivity index (χ2n) is 8.81. The van der Waals surface area contributed by atoms with Crippen LogP contribution in [0.2, 0.25) is 0 Å². The van der Waals surface area contributed by atoms with Gasteiger partial charge in [-0.05, 0) is 29.2 Å². The highest BCUT2D eigenvalue weighted by molar-refractivity contribution is 6.00. The Hall–Kier alpha value is -4.90. The van der Waals surface area contributed by atoms with Gasteiger partial charge in [0.05, 0.1) is 20.3 Å². The standard InChI is InChI=1S/C31H27NO7/c1-37-29(34)26(30(35)38-2)25(20-24(33)19-18-21-12-6-3-7-13-21)32-27(22-14-8-4-9-15-22)28(39-31(32)36)23-16-10-5-11-17-23/h3-17,25-28H,20H2,1-2H3/t25-,27+,28-/m1/s1. The number of carbonyl (C=O) groups excluding carboxylic acids is 4. The molecule has 1 saturated heterocycles. The number of hydrogen-bond donors (Lipinski definition) is 0. The zero-order valence-electron chi connectivity index (χ0n) is 21.5. The molecule has 0 radical (unpaired) electrons. The third-order valence-electron chi connectivity index (χ3n) is 6.46. The van der Waals surface area contributed by atoms with E-state index in [0.29, 0.717) is 16.7 Å². The smallest absolute Gasteiger partial charge is 0.411 e. The quantitative estimate of drug-likeness (QED) is 0.188. The summed E-state index contributed by atoms with van der Waals surface area (Å²) in [5, 5.41) is 0. The average molecular weight is 526 g/mol. The lowest BCUT2D eigenvalue weighted by Crippen LogP contribution is -2.50. The largest absolute Gasteiger partial charge is 0.468 e. The molecule has 0 aliphatic carbocycles. The van der Waals surface area contributed by atoms with Gasteiger partial charge < -0.3 is 14.2 Å². The minimum absolute atomic E-state index is 0.436. The molecule has 4 rings (SSSR count). The van der Waals surface area contributed by atoms with Crippen LogP contribution in [0.5, 0.6) is 0 Å². The molecule has 0 N–H and O–H groups in total. The number of nitrogens with zero attached hydrogens (tertiary/aromatic N) is 1. The van der Waals surface area contributed by atoms with Crippen molar-refractivity contribution in [3.8, 4) is 11.8 Å². The van der Waals surface area contributed by atoms with Crippen LogP contribution in [0.3, 0.4) is 0 Å². The van der Waals surface area contributed by atoms with Crippen LogP contribution in [0.1, 0.15) is 35.3 Å². The van der Waals surface area contributed by atoms with Crippen molar-refractivity contribution in [1.29, 1.82) is 0 Å². The number of benzene rings is 3. The average Bonchev–Trinajstić information content (AvgIpc) is 3.33. The summed E-state index contributed by atoms with van der Waals surface area (Å²) in [6.07, 6.45) is -2.00. The van der Waals surface area contributed by atoms with Gasteiger partial charge in [0, 0.05) is 12.0 Å². The number of ketones is 1. The molecule has 39 heavy (non-hydrogen) atoms. The summed E-state index contributed by atoms with van der Waals surface area (Å²) in [4.78, 5) is 53.8. The van der Waals surface area contributed by atoms with Crippen LogP contribution in [0.15, 0.2) is 91.0 Å². The van der Waals surface area contributed by atoms with E-state index in [1.54, 1.807) is 24.3 Å². The molecule has 0 spiro atoms. The number of methoxy groups -OCH3 is 2. The summed E-state index contributed by atoms with van der Waals surface area (Å²) in [5.41, 5.74) is 2.02. The van der Waals surface area contributed by atoms with Gasteiger partial charge in [0.25, 0.3) is 0 Å². The first-order valence-corrected chi connectivity index (χ1v) is 12.3. The van der Waals surface area contributed by atoms with E-state index in [1.165, 1.54) is 4.90 Å². The molecule has 0 aromatic heterocycles. The van der Waals surface area contributed by atoms with Gasteiger partial charge in [0.2, 0.25) is 5.78 Å². The molecule has 1 aliphatic heterocycles. The van der Waals surface area contributed by atoms with Gasteiger partial charge in [0.1, 0.15) is 6.04 Å². The second kappa shape index (κ2) is 12.6. The minimum Gasteiger partial charge on any atom is -0.468 e. The SMILES string of the molecule is COC(=O)C(C(=O)OC)[C@@H](CC(=O)C#Cc1ccccc1)N1C(=O)O[C@H](c2ccccc2)[C@@H]1c1ccccc1. The third-order valence-corrected chi connectivity index (χ3v) is 6.46. The Labute approximate surface area is 226 Å². The van der Waals surface area contributed by atoms with E-state index in [4.69, 9.17) is 14.2 Å². The molecular weight excluding hydrogens is 498 g/mol. The molecule has 8 nitrogen and oxygen atoms in total. The molecule has 1 heterocycles. The van der Waals surface area contributed by atoms with Crippen molar-refractivity contribution < 1.29 is 33.4 Å². The molecule has 1 aliphatic rings. The highest BCUT2D eigenvalue weighted by Crippen LogP contribution is 2.45. The molecule has 0 unspecified atom stereocenters. The zero-order chi connectivity index (χ0) is 27.8. The van der Waals surface area contributed by atoms with Gasteiger partial charge in [-0.3, -0.25) is 19.3 Å². The molecule has 3 aromatic carbocycles. The molecule has 3 aromatic rings. The van der Waals surface area contributed by atoms with Crippen LogP contribution in [-0.2, 0) is 28.6 Å². The van der Waals surface area contributed by atoms with Crippen LogP contribution in [-0.4, -0.2) is 49.0 Å². The maximum Gasteiger partial charge on any atom is 0.411 e. The van der Waals surface area contributed by atoms with E-state index in [-0.39, 0.29) is 0 Å². The lowest BCUT2D eigenvalue weighted by atomic mass is 9.89. The molecule has 0 saturated carbocycles. The van der Waals surface area contributed by atoms with Crippen molar-refractivity contribution in [2.24, 2.45) is 5.92 Å². The van der Waals surface area contributed by atoms with Crippen molar-refractivity contribution in [2.75, 3.05) is 14.2 Å². The number of amides is 1. The number of esters is 2. The van der Waals surface area contributed by atoms with Gasteiger partial charge >= 0.3 is 18.0 Å². The normalized spacial score (nSPS) is 17.0. The Morgan fingerprint density at radius 3 is 1.87 bits per heavy atom. The van der Waals surface area contributed by atoms with Crippen LogP contribution < -0.4 is 0 Å². The monoisotopic (exact) mass is 525 g/mol. The second-order valence-corrected chi connectivity index (χ2v) is 8.81. The number of carbonyl (C=O) groups is 4. The number of Topliss-reactive ketones (excluding diaryl/α,β-unsaturated/α-hetero) is 1. The van der Waals surface area contributed by atoms with Crippen LogP contribution in [0.4, 0.5) is 4.79 Å². The topological polar surface area (TPSA) is 99.2 Å². The molecule has 1 fully saturated rings. The van der Waals surface area contributed by atoms with Gasteiger partial charge in [-0.1, -0.05) is 84.8 Å². The van der Waals surface area contributed by atoms with Gasteiger partial charge in [-0.25, -0.2) is 4.79 Å². The first kappa shape index (κ1) is 27.1. The number of ether oxygens (including phenoxy) is 3. The van der Waals surface area contributed by atoms with Crippen molar-refractivity contribution >= 4 is 23.8 Å². The predicted octanol–water partition coefficient (Wildman–Crippen LogP) is 4.26. The van der Waals surface area contributed by atoms with Gasteiger partial charge in [-0.15, -0.1) is 0 Å². The molecule has 198 valence electrons. The van der Waals surface area contributed by atoms with Gasteiger partial charge in [0.15, 0.2) is 12.0 Å². The summed E-state index contributed by atoms with van der Waals surface area (Å²) in [6.45, 7) is 0. The fourth-order valence-electron chi connectivity index (χ4n) is 4.66. The summed E-state index contributed by atoms with van der Waals surface area (Å²) < 4.78 is 15.6. The molecule has 3 atom stereocenters. The van der Waals surface area contributed by atoms with Gasteiger partial charge in [-0.2, -0.15) is 0 Å². The van der Waals surface area contributed by atoms with Crippen LogP contribution in [0.25, 0.3) is 0 Å². The summed E-state index contributed by atoms with van der Waals surface area (Å²) in [5.74, 6) is 1.26. The van der Waals surface area contributed by atoms with Crippen molar-refractivity contribution in [3.63, 3.8) is 0 Å². The molecular formula is C31H27NO7. The van der Waals surface area contributed by atoms with E-state index in [2.05, 4.69) is 11.8 Å². The predicted molar refractivity (Wildman–Crippen MR) is 141 cm³/mol. The lowest BCUT2D eigenvalue weighted by molar-refractivity contribution is -0.162. The lowest BCUT2D eigenvalue weighted by Gasteiger charge is -2.34. The molecule has 0 bridgehead atoms. The van der Waals surface area contributed by atoms with E-state index in [1.807, 2.05) is 66.7 Å². The van der Waals surface area contributed by atoms with E-state index in [0.717, 1.165) is 14.2 Å². The van der Waals surface area contributed by atoms with Crippen molar-refractivity contribution in [2.45, 2.75) is 24.6 Å². The summed E-state index contributed by atoms with van der Waals surface area (Å²) >= 11 is 0. The number of hydrogen-bond acceptors (Lipinski definition) is 7. The maximum atomic E-state index is 13.5. The molecule has 1 amide bonds. The zero-order valence-corrected chi connectivity index (χ0v) is 21.5. The Morgan fingerprint density at radius 1 is 0.821 bits per heavy atom. The Kier molecular flexibility index (Phi) is 8.75. The minimum atomic E-state index is -1.62. The Balaban J connectivity index is 1.81. The van der Waals surface area contributed by atoms with E-state index in [9.17, 15) is 19.2 Å². The van der Waals surface area contributed by atoms with E-state index < -0.39 is 54.3 Å². The van der Waals surface area contributed by atoms with Crippen molar-refractivity contribution in [3.05, 3.63) is 108 Å². The summed E-state index contributed by atoms with van der Waals surface area (Å²) in [7, 11) is 2.24. The first-order valence-electron chi connectivity index (χ1n) is 12.3. The Morgan fingerprint density at radius 2 is 1.33 bits per heavy atom. The van der Waals surface area contributed by atoms with Crippen LogP contribution >= 0.6 is 0 Å². The van der Waals surface area contributed by atoms with Crippen molar-refractivity contribution in [1.82, 2.24) is 4.90 Å². The van der Waals surface area contributed by atoms with E-state index >= 15 is 0 Å². The third kappa shape index (κ3) is 6.16. The number of rotatable bonds is 8. The van der Waals surface area contributed by atoms with Crippen LogP contribution in [0, 0.1) is 17.8 Å². The highest BCUT2D eigenvalue weighted by atomic mass is 16.6. The highest BCUT2D eigenvalue weighted by Gasteiger charge is 2.52. The maximum absolute atomic E-state index is 13.5. The molecule has 8 heteroatoms. The Bertz CT molecular complexity index is 1360. The summed E-state index contributed by atoms with van der Waals surface area (Å²) in [6, 6.07) is 25.0. The fraction of sp³-hybridized carbons (Fsp3) is 0.226.